The fraction of sp³-hybridized carbons (Fsp3) is 0.273. The summed E-state index contributed by atoms with van der Waals surface area (Å²) in [5, 5.41) is 0. The molecule has 2 heteroatoms. The van der Waals surface area contributed by atoms with Gasteiger partial charge in [-0.05, 0) is 24.6 Å². The topological polar surface area (TPSA) is 35.2 Å². The highest BCUT2D eigenvalue weighted by Gasteiger charge is 1.91. The lowest BCUT2D eigenvalue weighted by Gasteiger charge is -2.05. The minimum Gasteiger partial charge on any atom is -0.489 e. The first-order valence-electron chi connectivity index (χ1n) is 4.36. The molecule has 0 bridgehead atoms. The normalized spacial score (nSPS) is 11.4. The second-order valence-electron chi connectivity index (χ2n) is 2.89. The van der Waals surface area contributed by atoms with Crippen molar-refractivity contribution in [2.45, 2.75) is 6.92 Å². The van der Waals surface area contributed by atoms with Crippen molar-refractivity contribution in [3.63, 3.8) is 0 Å². The molecule has 1 rings (SSSR count). The fourth-order valence-corrected chi connectivity index (χ4v) is 0.974. The highest BCUT2D eigenvalue weighted by Crippen LogP contribution is 2.09. The van der Waals surface area contributed by atoms with Gasteiger partial charge in [0.15, 0.2) is 0 Å². The Bertz CT molecular complexity index is 267. The smallest absolute Gasteiger partial charge is 0.119 e. The zero-order chi connectivity index (χ0) is 9.52. The lowest BCUT2D eigenvalue weighted by molar-refractivity contribution is 0.352. The lowest BCUT2D eigenvalue weighted by Crippen LogP contribution is -2.02. The first-order chi connectivity index (χ1) is 6.33. The summed E-state index contributed by atoms with van der Waals surface area (Å²) in [6, 6.07) is 9.76. The van der Waals surface area contributed by atoms with E-state index in [-0.39, 0.29) is 0 Å². The molecule has 0 aliphatic carbocycles. The van der Waals surface area contributed by atoms with Gasteiger partial charge in [0.1, 0.15) is 12.4 Å². The van der Waals surface area contributed by atoms with Gasteiger partial charge in [0.25, 0.3) is 0 Å². The van der Waals surface area contributed by atoms with Crippen LogP contribution in [-0.2, 0) is 0 Å². The first kappa shape index (κ1) is 9.81. The molecule has 0 atom stereocenters. The van der Waals surface area contributed by atoms with Crippen LogP contribution in [0.1, 0.15) is 6.92 Å². The largest absolute Gasteiger partial charge is 0.489 e. The Kier molecular flexibility index (Phi) is 4.06. The van der Waals surface area contributed by atoms with Gasteiger partial charge in [0.05, 0.1) is 0 Å². The molecule has 1 aromatic carbocycles. The molecular weight excluding hydrogens is 162 g/mol. The summed E-state index contributed by atoms with van der Waals surface area (Å²) in [6.07, 6.45) is 1.96. The molecule has 0 aliphatic heterocycles. The van der Waals surface area contributed by atoms with Crippen molar-refractivity contribution >= 4 is 0 Å². The third kappa shape index (κ3) is 3.76. The SMILES string of the molecule is C/C(=C\CN)COc1ccccc1. The predicted molar refractivity (Wildman–Crippen MR) is 54.7 cm³/mol. The molecule has 0 radical (unpaired) electrons. The Morgan fingerprint density at radius 2 is 2.08 bits per heavy atom. The van der Waals surface area contributed by atoms with Crippen molar-refractivity contribution in [2.24, 2.45) is 5.73 Å². The average molecular weight is 177 g/mol. The molecule has 2 N–H and O–H groups in total. The number of ether oxygens (including phenoxy) is 1. The number of hydrogen-bond donors (Lipinski definition) is 1. The van der Waals surface area contributed by atoms with E-state index in [1.807, 2.05) is 43.3 Å². The molecule has 0 aliphatic rings. The van der Waals surface area contributed by atoms with Gasteiger partial charge in [-0.25, -0.2) is 0 Å². The maximum Gasteiger partial charge on any atom is 0.119 e. The fourth-order valence-electron chi connectivity index (χ4n) is 0.974. The van der Waals surface area contributed by atoms with Crippen molar-refractivity contribution in [1.29, 1.82) is 0 Å². The Morgan fingerprint density at radius 1 is 1.38 bits per heavy atom. The van der Waals surface area contributed by atoms with Crippen LogP contribution in [0, 0.1) is 0 Å². The van der Waals surface area contributed by atoms with Gasteiger partial charge in [-0.3, -0.25) is 0 Å². The van der Waals surface area contributed by atoms with E-state index in [2.05, 4.69) is 0 Å². The summed E-state index contributed by atoms with van der Waals surface area (Å²) < 4.78 is 5.50. The molecule has 0 amide bonds. The van der Waals surface area contributed by atoms with E-state index < -0.39 is 0 Å². The highest BCUT2D eigenvalue weighted by atomic mass is 16.5. The van der Waals surface area contributed by atoms with Crippen molar-refractivity contribution in [3.8, 4) is 5.75 Å². The number of para-hydroxylation sites is 1. The zero-order valence-corrected chi connectivity index (χ0v) is 7.86. The molecule has 0 aromatic heterocycles. The minimum absolute atomic E-state index is 0.573. The standard InChI is InChI=1S/C11H15NO/c1-10(7-8-12)9-13-11-5-3-2-4-6-11/h2-7H,8-9,12H2,1H3/b10-7+. The van der Waals surface area contributed by atoms with Gasteiger partial charge < -0.3 is 10.5 Å². The summed E-state index contributed by atoms with van der Waals surface area (Å²) in [5.74, 6) is 0.896. The summed E-state index contributed by atoms with van der Waals surface area (Å²) in [5.41, 5.74) is 6.53. The van der Waals surface area contributed by atoms with Crippen LogP contribution in [0.5, 0.6) is 5.75 Å². The highest BCUT2D eigenvalue weighted by molar-refractivity contribution is 5.21. The summed E-state index contributed by atoms with van der Waals surface area (Å²) in [6.45, 7) is 3.20. The van der Waals surface area contributed by atoms with E-state index >= 15 is 0 Å². The van der Waals surface area contributed by atoms with Gasteiger partial charge in [-0.1, -0.05) is 24.3 Å². The number of nitrogens with two attached hydrogens (primary N) is 1. The maximum absolute atomic E-state index is 5.50. The molecule has 13 heavy (non-hydrogen) atoms. The molecule has 0 unspecified atom stereocenters. The Hall–Kier alpha value is -1.28. The van der Waals surface area contributed by atoms with Crippen molar-refractivity contribution in [1.82, 2.24) is 0 Å². The monoisotopic (exact) mass is 177 g/mol. The van der Waals surface area contributed by atoms with Gasteiger partial charge >= 0.3 is 0 Å². The van der Waals surface area contributed by atoms with Crippen LogP contribution >= 0.6 is 0 Å². The Balaban J connectivity index is 2.39. The minimum atomic E-state index is 0.573. The van der Waals surface area contributed by atoms with Gasteiger partial charge in [-0.2, -0.15) is 0 Å². The second-order valence-corrected chi connectivity index (χ2v) is 2.89. The van der Waals surface area contributed by atoms with Gasteiger partial charge in [-0.15, -0.1) is 0 Å². The van der Waals surface area contributed by atoms with Crippen LogP contribution < -0.4 is 10.5 Å². The van der Waals surface area contributed by atoms with E-state index in [0.717, 1.165) is 11.3 Å². The Labute approximate surface area is 79.0 Å². The van der Waals surface area contributed by atoms with E-state index in [1.165, 1.54) is 0 Å². The quantitative estimate of drug-likeness (QED) is 0.714. The summed E-state index contributed by atoms with van der Waals surface area (Å²) in [4.78, 5) is 0. The van der Waals surface area contributed by atoms with Crippen LogP contribution in [0.2, 0.25) is 0 Å². The van der Waals surface area contributed by atoms with Crippen molar-refractivity contribution in [3.05, 3.63) is 42.0 Å². The number of hydrogen-bond acceptors (Lipinski definition) is 2. The number of rotatable bonds is 4. The van der Waals surface area contributed by atoms with Crippen LogP contribution in [0.15, 0.2) is 42.0 Å². The number of benzene rings is 1. The molecular formula is C11H15NO. The second kappa shape index (κ2) is 5.38. The Morgan fingerprint density at radius 3 is 2.69 bits per heavy atom. The third-order valence-electron chi connectivity index (χ3n) is 1.68. The van der Waals surface area contributed by atoms with E-state index in [4.69, 9.17) is 10.5 Å². The van der Waals surface area contributed by atoms with Crippen molar-refractivity contribution in [2.75, 3.05) is 13.2 Å². The van der Waals surface area contributed by atoms with E-state index in [9.17, 15) is 0 Å². The average Bonchev–Trinajstić information content (AvgIpc) is 2.17. The molecule has 2 nitrogen and oxygen atoms in total. The van der Waals surface area contributed by atoms with Crippen LogP contribution in [0.25, 0.3) is 0 Å². The van der Waals surface area contributed by atoms with Crippen LogP contribution in [0.3, 0.4) is 0 Å². The van der Waals surface area contributed by atoms with Gasteiger partial charge in [0.2, 0.25) is 0 Å². The lowest BCUT2D eigenvalue weighted by atomic mass is 10.3. The molecule has 0 spiro atoms. The first-order valence-corrected chi connectivity index (χ1v) is 4.36. The van der Waals surface area contributed by atoms with Crippen LogP contribution in [0.4, 0.5) is 0 Å². The molecule has 0 saturated carbocycles. The molecule has 0 saturated heterocycles. The van der Waals surface area contributed by atoms with Crippen LogP contribution in [-0.4, -0.2) is 13.2 Å². The predicted octanol–water partition coefficient (Wildman–Crippen LogP) is 1.97. The van der Waals surface area contributed by atoms with Gasteiger partial charge in [0, 0.05) is 6.54 Å². The molecule has 0 fully saturated rings. The van der Waals surface area contributed by atoms with E-state index in [1.54, 1.807) is 0 Å². The third-order valence-corrected chi connectivity index (χ3v) is 1.68. The summed E-state index contributed by atoms with van der Waals surface area (Å²) in [7, 11) is 0. The zero-order valence-electron chi connectivity index (χ0n) is 7.86. The molecule has 0 heterocycles. The molecule has 1 aromatic rings. The summed E-state index contributed by atoms with van der Waals surface area (Å²) >= 11 is 0. The maximum atomic E-state index is 5.50. The molecule has 70 valence electrons. The van der Waals surface area contributed by atoms with E-state index in [0.29, 0.717) is 13.2 Å². The van der Waals surface area contributed by atoms with Crippen molar-refractivity contribution < 1.29 is 4.74 Å².